The molecule has 1 heterocycles. The Kier molecular flexibility index (Phi) is 6.48. The van der Waals surface area contributed by atoms with Gasteiger partial charge in [-0.1, -0.05) is 35.9 Å². The highest BCUT2D eigenvalue weighted by molar-refractivity contribution is 6.30. The topological polar surface area (TPSA) is 69.6 Å². The number of carboxylic acid groups (broad SMARTS) is 1. The molecule has 0 bridgehead atoms. The van der Waals surface area contributed by atoms with E-state index in [0.717, 1.165) is 36.4 Å². The molecule has 0 saturated carbocycles. The van der Waals surface area contributed by atoms with E-state index in [1.54, 1.807) is 12.1 Å². The Labute approximate surface area is 163 Å². The summed E-state index contributed by atoms with van der Waals surface area (Å²) in [6.45, 7) is 2.32. The van der Waals surface area contributed by atoms with Crippen molar-refractivity contribution in [3.05, 3.63) is 64.7 Å². The van der Waals surface area contributed by atoms with E-state index in [1.165, 1.54) is 0 Å². The number of rotatable bonds is 6. The minimum atomic E-state index is -0.694. The summed E-state index contributed by atoms with van der Waals surface area (Å²) >= 11 is 5.87. The highest BCUT2D eigenvalue weighted by atomic mass is 35.5. The van der Waals surface area contributed by atoms with Crippen molar-refractivity contribution in [3.8, 4) is 0 Å². The zero-order chi connectivity index (χ0) is 19.2. The second-order valence-corrected chi connectivity index (χ2v) is 7.38. The number of carboxylic acids is 1. The van der Waals surface area contributed by atoms with Crippen molar-refractivity contribution in [2.45, 2.75) is 25.8 Å². The van der Waals surface area contributed by atoms with E-state index >= 15 is 0 Å². The predicted molar refractivity (Wildman–Crippen MR) is 106 cm³/mol. The third-order valence-electron chi connectivity index (χ3n) is 4.83. The van der Waals surface area contributed by atoms with Crippen molar-refractivity contribution < 1.29 is 14.7 Å². The number of hydrogen-bond acceptors (Lipinski definition) is 3. The quantitative estimate of drug-likeness (QED) is 0.791. The summed E-state index contributed by atoms with van der Waals surface area (Å²) in [7, 11) is 0. The van der Waals surface area contributed by atoms with Crippen LogP contribution in [0.5, 0.6) is 0 Å². The van der Waals surface area contributed by atoms with Gasteiger partial charge in [-0.3, -0.25) is 14.5 Å². The molecule has 0 radical (unpaired) electrons. The number of nitrogens with zero attached hydrogens (tertiary/aromatic N) is 1. The van der Waals surface area contributed by atoms with Crippen molar-refractivity contribution in [1.29, 1.82) is 0 Å². The van der Waals surface area contributed by atoms with Crippen LogP contribution in [-0.2, 0) is 22.6 Å². The maximum absolute atomic E-state index is 12.3. The zero-order valence-electron chi connectivity index (χ0n) is 15.0. The van der Waals surface area contributed by atoms with Gasteiger partial charge in [0.05, 0.1) is 12.3 Å². The van der Waals surface area contributed by atoms with Crippen LogP contribution in [0, 0.1) is 5.92 Å². The van der Waals surface area contributed by atoms with Crippen LogP contribution >= 0.6 is 11.6 Å². The van der Waals surface area contributed by atoms with Crippen LogP contribution in [0.4, 0.5) is 5.69 Å². The number of carbonyl (C=O) groups is 2. The van der Waals surface area contributed by atoms with Gasteiger partial charge in [-0.05, 0) is 61.3 Å². The molecule has 1 aliphatic heterocycles. The molecule has 0 unspecified atom stereocenters. The molecule has 0 aromatic heterocycles. The first-order valence-corrected chi connectivity index (χ1v) is 9.46. The first-order chi connectivity index (χ1) is 13.0. The Morgan fingerprint density at radius 2 is 1.78 bits per heavy atom. The lowest BCUT2D eigenvalue weighted by Gasteiger charge is -2.30. The van der Waals surface area contributed by atoms with Crippen LogP contribution in [0.15, 0.2) is 48.5 Å². The average Bonchev–Trinajstić information content (AvgIpc) is 2.64. The van der Waals surface area contributed by atoms with Gasteiger partial charge in [-0.2, -0.15) is 0 Å². The number of carbonyl (C=O) groups excluding carboxylic acids is 1. The molecule has 2 aromatic rings. The largest absolute Gasteiger partial charge is 0.481 e. The number of anilines is 1. The first kappa shape index (κ1) is 19.4. The van der Waals surface area contributed by atoms with E-state index < -0.39 is 5.97 Å². The molecule has 5 nitrogen and oxygen atoms in total. The van der Waals surface area contributed by atoms with E-state index in [4.69, 9.17) is 16.7 Å². The molecule has 2 N–H and O–H groups in total. The molecule has 6 heteroatoms. The molecule has 1 fully saturated rings. The fourth-order valence-electron chi connectivity index (χ4n) is 3.34. The van der Waals surface area contributed by atoms with Gasteiger partial charge in [-0.25, -0.2) is 0 Å². The molecular weight excluding hydrogens is 364 g/mol. The lowest BCUT2D eigenvalue weighted by Crippen LogP contribution is -2.35. The Hall–Kier alpha value is -2.37. The SMILES string of the molecule is O=C(Cc1ccc(Cl)cc1)Nc1cccc(CN2CCC(C(=O)O)CC2)c1. The molecule has 2 aromatic carbocycles. The van der Waals surface area contributed by atoms with Crippen LogP contribution in [0.1, 0.15) is 24.0 Å². The standard InChI is InChI=1S/C21H23ClN2O3/c22-18-6-4-15(5-7-18)13-20(25)23-19-3-1-2-16(12-19)14-24-10-8-17(9-11-24)21(26)27/h1-7,12,17H,8-11,13-14H2,(H,23,25)(H,26,27). The van der Waals surface area contributed by atoms with Gasteiger partial charge < -0.3 is 10.4 Å². The number of halogens is 1. The van der Waals surface area contributed by atoms with Crippen molar-refractivity contribution in [1.82, 2.24) is 4.90 Å². The normalized spacial score (nSPS) is 15.4. The molecule has 0 aliphatic carbocycles. The van der Waals surface area contributed by atoms with Gasteiger partial charge in [0.25, 0.3) is 0 Å². The molecule has 1 amide bonds. The summed E-state index contributed by atoms with van der Waals surface area (Å²) in [6.07, 6.45) is 1.67. The Balaban J connectivity index is 1.53. The van der Waals surface area contributed by atoms with Crippen LogP contribution < -0.4 is 5.32 Å². The third kappa shape index (κ3) is 5.81. The highest BCUT2D eigenvalue weighted by Gasteiger charge is 2.24. The third-order valence-corrected chi connectivity index (χ3v) is 5.08. The van der Waals surface area contributed by atoms with Crippen molar-refractivity contribution >= 4 is 29.2 Å². The molecule has 0 atom stereocenters. The minimum Gasteiger partial charge on any atom is -0.481 e. The highest BCUT2D eigenvalue weighted by Crippen LogP contribution is 2.20. The number of nitrogens with one attached hydrogen (secondary N) is 1. The molecule has 1 saturated heterocycles. The Morgan fingerprint density at radius 1 is 1.07 bits per heavy atom. The Morgan fingerprint density at radius 3 is 2.44 bits per heavy atom. The van der Waals surface area contributed by atoms with Crippen molar-refractivity contribution in [2.75, 3.05) is 18.4 Å². The van der Waals surface area contributed by atoms with Gasteiger partial charge in [0, 0.05) is 17.3 Å². The number of likely N-dealkylation sites (tertiary alicyclic amines) is 1. The smallest absolute Gasteiger partial charge is 0.306 e. The van der Waals surface area contributed by atoms with Crippen LogP contribution in [0.3, 0.4) is 0 Å². The van der Waals surface area contributed by atoms with Gasteiger partial charge >= 0.3 is 5.97 Å². The van der Waals surface area contributed by atoms with E-state index in [9.17, 15) is 9.59 Å². The summed E-state index contributed by atoms with van der Waals surface area (Å²) in [5.41, 5.74) is 2.79. The maximum Gasteiger partial charge on any atom is 0.306 e. The fourth-order valence-corrected chi connectivity index (χ4v) is 3.46. The summed E-state index contributed by atoms with van der Waals surface area (Å²) in [5.74, 6) is -0.989. The van der Waals surface area contributed by atoms with E-state index in [0.29, 0.717) is 24.3 Å². The summed E-state index contributed by atoms with van der Waals surface area (Å²) < 4.78 is 0. The van der Waals surface area contributed by atoms with E-state index in [-0.39, 0.29) is 11.8 Å². The van der Waals surface area contributed by atoms with Crippen LogP contribution in [-0.4, -0.2) is 35.0 Å². The minimum absolute atomic E-state index is 0.0725. The zero-order valence-corrected chi connectivity index (χ0v) is 15.8. The second-order valence-electron chi connectivity index (χ2n) is 6.94. The van der Waals surface area contributed by atoms with Crippen molar-refractivity contribution in [3.63, 3.8) is 0 Å². The molecule has 0 spiro atoms. The van der Waals surface area contributed by atoms with Gasteiger partial charge in [0.1, 0.15) is 0 Å². The lowest BCUT2D eigenvalue weighted by molar-refractivity contribution is -0.143. The number of amides is 1. The average molecular weight is 387 g/mol. The summed E-state index contributed by atoms with van der Waals surface area (Å²) in [4.78, 5) is 25.6. The van der Waals surface area contributed by atoms with E-state index in [2.05, 4.69) is 10.2 Å². The van der Waals surface area contributed by atoms with Gasteiger partial charge in [-0.15, -0.1) is 0 Å². The van der Waals surface area contributed by atoms with Crippen LogP contribution in [0.2, 0.25) is 5.02 Å². The molecule has 142 valence electrons. The molecular formula is C21H23ClN2O3. The van der Waals surface area contributed by atoms with Gasteiger partial charge in [0.15, 0.2) is 0 Å². The number of hydrogen-bond donors (Lipinski definition) is 2. The maximum atomic E-state index is 12.3. The first-order valence-electron chi connectivity index (χ1n) is 9.08. The number of aliphatic carboxylic acids is 1. The second kappa shape index (κ2) is 9.02. The summed E-state index contributed by atoms with van der Waals surface area (Å²) in [6, 6.07) is 15.0. The fraction of sp³-hybridized carbons (Fsp3) is 0.333. The van der Waals surface area contributed by atoms with Gasteiger partial charge in [0.2, 0.25) is 5.91 Å². The Bertz CT molecular complexity index is 799. The molecule has 27 heavy (non-hydrogen) atoms. The molecule has 1 aliphatic rings. The monoisotopic (exact) mass is 386 g/mol. The molecule has 3 rings (SSSR count). The van der Waals surface area contributed by atoms with Crippen LogP contribution in [0.25, 0.3) is 0 Å². The number of benzene rings is 2. The van der Waals surface area contributed by atoms with E-state index in [1.807, 2.05) is 36.4 Å². The predicted octanol–water partition coefficient (Wildman–Crippen LogP) is 3.82. The number of piperidine rings is 1. The summed E-state index contributed by atoms with van der Waals surface area (Å²) in [5, 5.41) is 12.7. The lowest BCUT2D eigenvalue weighted by atomic mass is 9.97. The van der Waals surface area contributed by atoms with Crippen molar-refractivity contribution in [2.24, 2.45) is 5.92 Å².